The minimum absolute atomic E-state index is 0.714. The molecule has 1 heterocycles. The topological polar surface area (TPSA) is 15.7 Å². The Morgan fingerprint density at radius 1 is 0.828 bits per heavy atom. The maximum absolute atomic E-state index is 5.98. The molecule has 0 radical (unpaired) electrons. The van der Waals surface area contributed by atoms with Gasteiger partial charge in [-0.15, -0.1) is 0 Å². The molecule has 3 aromatic carbocycles. The summed E-state index contributed by atoms with van der Waals surface area (Å²) >= 11 is 5.95. The highest BCUT2D eigenvalue weighted by Gasteiger charge is 2.19. The average Bonchev–Trinajstić information content (AvgIpc) is 2.73. The van der Waals surface area contributed by atoms with E-state index in [1.807, 2.05) is 30.3 Å². The second-order valence-electron chi connectivity index (χ2n) is 7.69. The van der Waals surface area contributed by atoms with E-state index >= 15 is 0 Å². The highest BCUT2D eigenvalue weighted by atomic mass is 35.5. The molecule has 1 aliphatic rings. The van der Waals surface area contributed by atoms with Crippen LogP contribution in [0.1, 0.15) is 16.7 Å². The van der Waals surface area contributed by atoms with Crippen molar-refractivity contribution in [2.75, 3.05) is 31.1 Å². The molecule has 29 heavy (non-hydrogen) atoms. The first-order valence-corrected chi connectivity index (χ1v) is 10.5. The van der Waals surface area contributed by atoms with Crippen LogP contribution in [0.15, 0.2) is 66.7 Å². The lowest BCUT2D eigenvalue weighted by molar-refractivity contribution is 0.249. The molecule has 4 rings (SSSR count). The van der Waals surface area contributed by atoms with Crippen LogP contribution in [0, 0.1) is 13.8 Å². The zero-order valence-corrected chi connectivity index (χ0v) is 17.8. The summed E-state index contributed by atoms with van der Waals surface area (Å²) in [6, 6.07) is 22.4. The van der Waals surface area contributed by atoms with Crippen molar-refractivity contribution in [2.45, 2.75) is 20.4 Å². The Balaban J connectivity index is 1.36. The Morgan fingerprint density at radius 2 is 1.55 bits per heavy atom. The molecular formula is C25H27ClN2O. The third-order valence-electron chi connectivity index (χ3n) is 5.64. The lowest BCUT2D eigenvalue weighted by Crippen LogP contribution is -2.46. The van der Waals surface area contributed by atoms with Gasteiger partial charge in [0, 0.05) is 43.4 Å². The summed E-state index contributed by atoms with van der Waals surface area (Å²) in [5.41, 5.74) is 5.41. The monoisotopic (exact) mass is 406 g/mol. The largest absolute Gasteiger partial charge is 0.457 e. The quantitative estimate of drug-likeness (QED) is 0.511. The van der Waals surface area contributed by atoms with Gasteiger partial charge in [0.05, 0.1) is 0 Å². The first-order chi connectivity index (χ1) is 14.1. The number of benzene rings is 3. The second kappa shape index (κ2) is 8.89. The van der Waals surface area contributed by atoms with Gasteiger partial charge in [-0.3, -0.25) is 4.90 Å². The van der Waals surface area contributed by atoms with Crippen molar-refractivity contribution in [1.82, 2.24) is 4.90 Å². The average molecular weight is 407 g/mol. The van der Waals surface area contributed by atoms with Crippen molar-refractivity contribution in [3.05, 3.63) is 88.4 Å². The van der Waals surface area contributed by atoms with Gasteiger partial charge in [0.25, 0.3) is 0 Å². The molecule has 4 heteroatoms. The summed E-state index contributed by atoms with van der Waals surface area (Å²) in [6.45, 7) is 9.61. The minimum atomic E-state index is 0.714. The third kappa shape index (κ3) is 4.92. The molecule has 0 atom stereocenters. The van der Waals surface area contributed by atoms with E-state index in [4.69, 9.17) is 16.3 Å². The molecule has 3 aromatic rings. The van der Waals surface area contributed by atoms with Gasteiger partial charge >= 0.3 is 0 Å². The smallest absolute Gasteiger partial charge is 0.127 e. The number of ether oxygens (including phenoxy) is 1. The van der Waals surface area contributed by atoms with E-state index in [0.29, 0.717) is 5.02 Å². The lowest BCUT2D eigenvalue weighted by Gasteiger charge is -2.37. The van der Waals surface area contributed by atoms with Crippen molar-refractivity contribution >= 4 is 17.3 Å². The fraction of sp³-hybridized carbons (Fsp3) is 0.280. The second-order valence-corrected chi connectivity index (χ2v) is 8.12. The normalized spacial score (nSPS) is 14.8. The van der Waals surface area contributed by atoms with Crippen LogP contribution in [0.5, 0.6) is 11.5 Å². The predicted molar refractivity (Wildman–Crippen MR) is 121 cm³/mol. The number of rotatable bonds is 5. The van der Waals surface area contributed by atoms with Gasteiger partial charge in [0.15, 0.2) is 0 Å². The molecule has 0 saturated carbocycles. The summed E-state index contributed by atoms with van der Waals surface area (Å²) in [6.07, 6.45) is 0. The predicted octanol–water partition coefficient (Wildman–Crippen LogP) is 6.07. The Bertz CT molecular complexity index is 963. The van der Waals surface area contributed by atoms with Crippen LogP contribution in [0.4, 0.5) is 5.69 Å². The van der Waals surface area contributed by atoms with E-state index in [2.05, 4.69) is 60.0 Å². The van der Waals surface area contributed by atoms with Gasteiger partial charge in [-0.1, -0.05) is 35.9 Å². The van der Waals surface area contributed by atoms with Gasteiger partial charge in [-0.25, -0.2) is 0 Å². The number of hydrogen-bond acceptors (Lipinski definition) is 3. The fourth-order valence-corrected chi connectivity index (χ4v) is 3.96. The highest BCUT2D eigenvalue weighted by molar-refractivity contribution is 6.30. The van der Waals surface area contributed by atoms with Crippen molar-refractivity contribution in [2.24, 2.45) is 0 Å². The van der Waals surface area contributed by atoms with Crippen molar-refractivity contribution < 1.29 is 4.74 Å². The maximum atomic E-state index is 5.98. The fourth-order valence-electron chi connectivity index (χ4n) is 3.83. The Morgan fingerprint density at radius 3 is 2.31 bits per heavy atom. The molecule has 1 saturated heterocycles. The summed E-state index contributed by atoms with van der Waals surface area (Å²) in [5, 5.41) is 0.714. The van der Waals surface area contributed by atoms with Gasteiger partial charge < -0.3 is 9.64 Å². The molecule has 0 spiro atoms. The number of anilines is 1. The van der Waals surface area contributed by atoms with E-state index in [1.54, 1.807) is 0 Å². The van der Waals surface area contributed by atoms with E-state index in [-0.39, 0.29) is 0 Å². The molecule has 0 bridgehead atoms. The van der Waals surface area contributed by atoms with E-state index < -0.39 is 0 Å². The Kier molecular flexibility index (Phi) is 6.08. The van der Waals surface area contributed by atoms with Gasteiger partial charge in [-0.2, -0.15) is 0 Å². The first kappa shape index (κ1) is 19.8. The molecule has 150 valence electrons. The molecule has 3 nitrogen and oxygen atoms in total. The molecule has 0 aliphatic carbocycles. The first-order valence-electron chi connectivity index (χ1n) is 10.1. The van der Waals surface area contributed by atoms with E-state index in [9.17, 15) is 0 Å². The van der Waals surface area contributed by atoms with Crippen molar-refractivity contribution in [3.63, 3.8) is 0 Å². The van der Waals surface area contributed by atoms with Crippen LogP contribution < -0.4 is 9.64 Å². The summed E-state index contributed by atoms with van der Waals surface area (Å²) in [7, 11) is 0. The van der Waals surface area contributed by atoms with Crippen molar-refractivity contribution in [1.29, 1.82) is 0 Å². The molecule has 0 amide bonds. The van der Waals surface area contributed by atoms with Crippen LogP contribution in [-0.2, 0) is 6.54 Å². The molecular weight excluding hydrogens is 380 g/mol. The zero-order valence-electron chi connectivity index (χ0n) is 17.1. The van der Waals surface area contributed by atoms with E-state index in [0.717, 1.165) is 44.2 Å². The van der Waals surface area contributed by atoms with Crippen LogP contribution >= 0.6 is 11.6 Å². The van der Waals surface area contributed by atoms with E-state index in [1.165, 1.54) is 22.4 Å². The minimum Gasteiger partial charge on any atom is -0.457 e. The maximum Gasteiger partial charge on any atom is 0.127 e. The number of halogens is 1. The van der Waals surface area contributed by atoms with Gasteiger partial charge in [0.1, 0.15) is 11.5 Å². The van der Waals surface area contributed by atoms with Gasteiger partial charge in [-0.05, 0) is 73.0 Å². The highest BCUT2D eigenvalue weighted by Crippen LogP contribution is 2.26. The number of aryl methyl sites for hydroxylation is 1. The number of piperazine rings is 1. The Hall–Kier alpha value is -2.49. The molecule has 1 fully saturated rings. The zero-order chi connectivity index (χ0) is 20.2. The van der Waals surface area contributed by atoms with Crippen molar-refractivity contribution in [3.8, 4) is 11.5 Å². The standard InChI is InChI=1S/C25H27ClN2O/c1-19-5-3-8-25(20(19)2)28-15-13-27(14-16-28)18-21-6-4-7-24(17-21)29-23-11-9-22(26)10-12-23/h3-12,17H,13-16,18H2,1-2H3. The molecule has 0 aromatic heterocycles. The molecule has 0 unspecified atom stereocenters. The van der Waals surface area contributed by atoms with Crippen LogP contribution in [-0.4, -0.2) is 31.1 Å². The summed E-state index contributed by atoms with van der Waals surface area (Å²) in [5.74, 6) is 1.66. The van der Waals surface area contributed by atoms with Crippen LogP contribution in [0.2, 0.25) is 5.02 Å². The molecule has 0 N–H and O–H groups in total. The number of hydrogen-bond donors (Lipinski definition) is 0. The summed E-state index contributed by atoms with van der Waals surface area (Å²) < 4.78 is 5.98. The number of nitrogens with zero attached hydrogens (tertiary/aromatic N) is 2. The molecule has 1 aliphatic heterocycles. The lowest BCUT2D eigenvalue weighted by atomic mass is 10.1. The van der Waals surface area contributed by atoms with Crippen LogP contribution in [0.3, 0.4) is 0 Å². The SMILES string of the molecule is Cc1cccc(N2CCN(Cc3cccc(Oc4ccc(Cl)cc4)c3)CC2)c1C. The van der Waals surface area contributed by atoms with Crippen LogP contribution in [0.25, 0.3) is 0 Å². The Labute approximate surface area is 178 Å². The van der Waals surface area contributed by atoms with Gasteiger partial charge in [0.2, 0.25) is 0 Å². The summed E-state index contributed by atoms with van der Waals surface area (Å²) in [4.78, 5) is 5.03. The third-order valence-corrected chi connectivity index (χ3v) is 5.89.